The standard InChI is InChI=1S/C16H18FN3O3S/c1-10(2)14-13(8-21)15(11-4-6-12(17)7-5-11)19-16(18-14)20(3)9-24(22)23/h4-8,10,24H,9H2,1-3H3. The molecule has 1 aromatic heterocycles. The van der Waals surface area contributed by atoms with Gasteiger partial charge in [-0.3, -0.25) is 4.79 Å². The predicted octanol–water partition coefficient (Wildman–Crippen LogP) is 2.22. The number of benzene rings is 1. The Bertz CT molecular complexity index is 812. The van der Waals surface area contributed by atoms with Gasteiger partial charge in [-0.1, -0.05) is 13.8 Å². The number of hydrogen-bond acceptors (Lipinski definition) is 6. The first-order valence-electron chi connectivity index (χ1n) is 7.29. The van der Waals surface area contributed by atoms with E-state index in [4.69, 9.17) is 0 Å². The van der Waals surface area contributed by atoms with Crippen molar-refractivity contribution in [1.29, 1.82) is 0 Å². The highest BCUT2D eigenvalue weighted by molar-refractivity contribution is 7.72. The molecule has 128 valence electrons. The number of thiol groups is 1. The Balaban J connectivity index is 2.68. The van der Waals surface area contributed by atoms with Crippen molar-refractivity contribution >= 4 is 22.9 Å². The smallest absolute Gasteiger partial charge is 0.226 e. The number of carbonyl (C=O) groups excluding carboxylic acids is 1. The minimum absolute atomic E-state index is 0.0689. The highest BCUT2D eigenvalue weighted by Gasteiger charge is 2.19. The van der Waals surface area contributed by atoms with E-state index < -0.39 is 16.5 Å². The van der Waals surface area contributed by atoms with Crippen LogP contribution in [0.3, 0.4) is 0 Å². The summed E-state index contributed by atoms with van der Waals surface area (Å²) in [6.07, 6.45) is 0.673. The molecule has 6 nitrogen and oxygen atoms in total. The van der Waals surface area contributed by atoms with Crippen LogP contribution in [-0.2, 0) is 10.7 Å². The van der Waals surface area contributed by atoms with Crippen LogP contribution in [0.15, 0.2) is 24.3 Å². The van der Waals surface area contributed by atoms with Crippen molar-refractivity contribution in [1.82, 2.24) is 9.97 Å². The van der Waals surface area contributed by atoms with Gasteiger partial charge in [0.15, 0.2) is 17.0 Å². The molecule has 2 rings (SSSR count). The molecule has 0 amide bonds. The lowest BCUT2D eigenvalue weighted by Gasteiger charge is -2.19. The Morgan fingerprint density at radius 2 is 1.83 bits per heavy atom. The minimum Gasteiger partial charge on any atom is -0.330 e. The van der Waals surface area contributed by atoms with Crippen LogP contribution >= 0.6 is 0 Å². The fourth-order valence-corrected chi connectivity index (χ4v) is 2.74. The van der Waals surface area contributed by atoms with Crippen molar-refractivity contribution in [2.24, 2.45) is 0 Å². The summed E-state index contributed by atoms with van der Waals surface area (Å²) in [6.45, 7) is 3.75. The lowest BCUT2D eigenvalue weighted by atomic mass is 9.99. The van der Waals surface area contributed by atoms with Gasteiger partial charge in [-0.05, 0) is 30.2 Å². The van der Waals surface area contributed by atoms with Gasteiger partial charge in [0.25, 0.3) is 0 Å². The van der Waals surface area contributed by atoms with Crippen LogP contribution in [0.4, 0.5) is 10.3 Å². The highest BCUT2D eigenvalue weighted by atomic mass is 32.2. The number of rotatable bonds is 6. The lowest BCUT2D eigenvalue weighted by Crippen LogP contribution is -2.23. The monoisotopic (exact) mass is 351 g/mol. The minimum atomic E-state index is -2.64. The molecule has 0 spiro atoms. The average molecular weight is 351 g/mol. The second-order valence-corrected chi connectivity index (χ2v) is 6.57. The number of carbonyl (C=O) groups is 1. The van der Waals surface area contributed by atoms with Gasteiger partial charge in [0.05, 0.1) is 17.0 Å². The van der Waals surface area contributed by atoms with Crippen LogP contribution in [0.1, 0.15) is 35.8 Å². The summed E-state index contributed by atoms with van der Waals surface area (Å²) in [6, 6.07) is 5.59. The quantitative estimate of drug-likeness (QED) is 0.635. The summed E-state index contributed by atoms with van der Waals surface area (Å²) in [5, 5.41) is 0. The molecule has 0 aliphatic heterocycles. The fraction of sp³-hybridized carbons (Fsp3) is 0.312. The molecule has 0 atom stereocenters. The summed E-state index contributed by atoms with van der Waals surface area (Å²) in [7, 11) is -1.09. The molecule has 0 aliphatic carbocycles. The number of aldehydes is 1. The van der Waals surface area contributed by atoms with Gasteiger partial charge in [-0.25, -0.2) is 22.8 Å². The highest BCUT2D eigenvalue weighted by Crippen LogP contribution is 2.28. The SMILES string of the molecule is CC(C)c1nc(N(C)C[SH](=O)=O)nc(-c2ccc(F)cc2)c1C=O. The summed E-state index contributed by atoms with van der Waals surface area (Å²) >= 11 is 0. The molecule has 0 aliphatic rings. The normalized spacial score (nSPS) is 11.1. The first kappa shape index (κ1) is 18.0. The van der Waals surface area contributed by atoms with Crippen molar-refractivity contribution < 1.29 is 17.6 Å². The molecule has 1 aromatic carbocycles. The average Bonchev–Trinajstić information content (AvgIpc) is 2.53. The van der Waals surface area contributed by atoms with Gasteiger partial charge >= 0.3 is 0 Å². The van der Waals surface area contributed by atoms with Gasteiger partial charge in [-0.2, -0.15) is 0 Å². The second-order valence-electron chi connectivity index (χ2n) is 5.62. The summed E-state index contributed by atoms with van der Waals surface area (Å²) in [5.41, 5.74) is 1.75. The summed E-state index contributed by atoms with van der Waals surface area (Å²) < 4.78 is 35.1. The molecule has 24 heavy (non-hydrogen) atoms. The van der Waals surface area contributed by atoms with Crippen molar-refractivity contribution in [3.05, 3.63) is 41.3 Å². The number of halogens is 1. The molecule has 0 radical (unpaired) electrons. The van der Waals surface area contributed by atoms with Gasteiger partial charge in [0.1, 0.15) is 11.7 Å². The van der Waals surface area contributed by atoms with Crippen LogP contribution in [0.2, 0.25) is 0 Å². The number of nitrogens with zero attached hydrogens (tertiary/aromatic N) is 3. The van der Waals surface area contributed by atoms with E-state index in [0.717, 1.165) is 0 Å². The van der Waals surface area contributed by atoms with E-state index in [1.165, 1.54) is 29.2 Å². The fourth-order valence-electron chi connectivity index (χ4n) is 2.27. The van der Waals surface area contributed by atoms with E-state index in [2.05, 4.69) is 9.97 Å². The van der Waals surface area contributed by atoms with Gasteiger partial charge in [0, 0.05) is 12.6 Å². The van der Waals surface area contributed by atoms with Gasteiger partial charge in [-0.15, -0.1) is 0 Å². The maximum absolute atomic E-state index is 13.2. The van der Waals surface area contributed by atoms with E-state index in [1.807, 2.05) is 13.8 Å². The zero-order valence-electron chi connectivity index (χ0n) is 13.6. The number of hydrogen-bond donors (Lipinski definition) is 1. The van der Waals surface area contributed by atoms with E-state index in [-0.39, 0.29) is 17.7 Å². The number of anilines is 1. The second kappa shape index (κ2) is 7.48. The topological polar surface area (TPSA) is 80.2 Å². The zero-order chi connectivity index (χ0) is 17.9. The van der Waals surface area contributed by atoms with Crippen molar-refractivity contribution in [2.45, 2.75) is 19.8 Å². The Kier molecular flexibility index (Phi) is 5.61. The van der Waals surface area contributed by atoms with Crippen molar-refractivity contribution in [3.8, 4) is 11.3 Å². The maximum atomic E-state index is 13.2. The molecular formula is C16H18FN3O3S. The number of aromatic nitrogens is 2. The molecule has 0 unspecified atom stereocenters. The van der Waals surface area contributed by atoms with E-state index in [9.17, 15) is 17.6 Å². The molecule has 0 bridgehead atoms. The Morgan fingerprint density at radius 3 is 2.33 bits per heavy atom. The third-order valence-corrected chi connectivity index (χ3v) is 4.07. The predicted molar refractivity (Wildman–Crippen MR) is 90.5 cm³/mol. The molecule has 0 saturated carbocycles. The molecule has 8 heteroatoms. The Hall–Kier alpha value is -2.35. The van der Waals surface area contributed by atoms with Crippen LogP contribution in [0.5, 0.6) is 0 Å². The van der Waals surface area contributed by atoms with Gasteiger partial charge in [0.2, 0.25) is 5.95 Å². The molecular weight excluding hydrogens is 333 g/mol. The summed E-state index contributed by atoms with van der Waals surface area (Å²) in [4.78, 5) is 21.7. The van der Waals surface area contributed by atoms with Crippen LogP contribution in [0.25, 0.3) is 11.3 Å². The molecule has 0 fully saturated rings. The van der Waals surface area contributed by atoms with Crippen LogP contribution in [-0.4, -0.2) is 37.6 Å². The third kappa shape index (κ3) is 3.94. The molecule has 1 heterocycles. The Labute approximate surface area is 141 Å². The molecule has 2 aromatic rings. The largest absolute Gasteiger partial charge is 0.330 e. The van der Waals surface area contributed by atoms with E-state index >= 15 is 0 Å². The molecule has 0 N–H and O–H groups in total. The van der Waals surface area contributed by atoms with Gasteiger partial charge < -0.3 is 4.90 Å². The Morgan fingerprint density at radius 1 is 1.21 bits per heavy atom. The van der Waals surface area contributed by atoms with Crippen LogP contribution in [0, 0.1) is 5.82 Å². The molecule has 0 saturated heterocycles. The third-order valence-electron chi connectivity index (χ3n) is 3.41. The first-order chi connectivity index (χ1) is 11.3. The first-order valence-corrected chi connectivity index (χ1v) is 8.65. The van der Waals surface area contributed by atoms with Crippen molar-refractivity contribution in [3.63, 3.8) is 0 Å². The zero-order valence-corrected chi connectivity index (χ0v) is 14.5. The van der Waals surface area contributed by atoms with E-state index in [1.54, 1.807) is 7.05 Å². The lowest BCUT2D eigenvalue weighted by molar-refractivity contribution is 0.112. The van der Waals surface area contributed by atoms with Crippen molar-refractivity contribution in [2.75, 3.05) is 17.8 Å². The van der Waals surface area contributed by atoms with Crippen LogP contribution < -0.4 is 4.90 Å². The van der Waals surface area contributed by atoms with E-state index in [0.29, 0.717) is 28.8 Å². The summed E-state index contributed by atoms with van der Waals surface area (Å²) in [5.74, 6) is -0.510. The maximum Gasteiger partial charge on any atom is 0.226 e.